The predicted molar refractivity (Wildman–Crippen MR) is 80.3 cm³/mol. The van der Waals surface area contributed by atoms with Gasteiger partial charge in [-0.05, 0) is 30.5 Å². The number of carbonyl (C=O) groups excluding carboxylic acids is 1. The molecule has 1 aromatic rings. The van der Waals surface area contributed by atoms with Gasteiger partial charge in [0.2, 0.25) is 5.91 Å². The average molecular weight is 290 g/mol. The molecule has 1 atom stereocenters. The Labute approximate surface area is 125 Å². The van der Waals surface area contributed by atoms with Gasteiger partial charge < -0.3 is 10.2 Å². The molecule has 2 aliphatic rings. The van der Waals surface area contributed by atoms with Gasteiger partial charge in [0.1, 0.15) is 5.82 Å². The number of nitrogens with zero attached hydrogens (tertiary/aromatic N) is 1. The lowest BCUT2D eigenvalue weighted by atomic mass is 9.87. The summed E-state index contributed by atoms with van der Waals surface area (Å²) in [7, 11) is 0. The highest BCUT2D eigenvalue weighted by atomic mass is 19.1. The molecule has 21 heavy (non-hydrogen) atoms. The van der Waals surface area contributed by atoms with Crippen LogP contribution in [0.25, 0.3) is 0 Å². The van der Waals surface area contributed by atoms with Crippen molar-refractivity contribution in [3.63, 3.8) is 0 Å². The molecule has 1 aliphatic heterocycles. The number of halogens is 1. The van der Waals surface area contributed by atoms with Crippen LogP contribution in [0.15, 0.2) is 24.3 Å². The second-order valence-electron chi connectivity index (χ2n) is 6.14. The summed E-state index contributed by atoms with van der Waals surface area (Å²) in [5.74, 6) is 0.210. The molecule has 3 rings (SSSR count). The molecule has 114 valence electrons. The Morgan fingerprint density at radius 2 is 2.05 bits per heavy atom. The van der Waals surface area contributed by atoms with Crippen LogP contribution in [0, 0.1) is 11.7 Å². The van der Waals surface area contributed by atoms with E-state index in [1.807, 2.05) is 11.0 Å². The van der Waals surface area contributed by atoms with Crippen molar-refractivity contribution < 1.29 is 9.18 Å². The van der Waals surface area contributed by atoms with E-state index in [0.717, 1.165) is 44.3 Å². The molecule has 1 unspecified atom stereocenters. The zero-order chi connectivity index (χ0) is 14.7. The number of nitrogens with one attached hydrogen (secondary N) is 1. The first-order chi connectivity index (χ1) is 10.3. The molecule has 0 aromatic heterocycles. The van der Waals surface area contributed by atoms with Gasteiger partial charge in [0.25, 0.3) is 0 Å². The molecule has 2 fully saturated rings. The summed E-state index contributed by atoms with van der Waals surface area (Å²) in [5, 5.41) is 3.32. The molecule has 1 heterocycles. The first kappa shape index (κ1) is 14.5. The summed E-state index contributed by atoms with van der Waals surface area (Å²) in [6.45, 7) is 2.25. The third-order valence-corrected chi connectivity index (χ3v) is 4.71. The molecule has 4 heteroatoms. The number of rotatable bonds is 2. The Morgan fingerprint density at radius 1 is 1.24 bits per heavy atom. The van der Waals surface area contributed by atoms with Crippen LogP contribution >= 0.6 is 0 Å². The van der Waals surface area contributed by atoms with E-state index in [0.29, 0.717) is 6.54 Å². The summed E-state index contributed by atoms with van der Waals surface area (Å²) in [6.07, 6.45) is 5.59. The van der Waals surface area contributed by atoms with Gasteiger partial charge in [-0.15, -0.1) is 0 Å². The van der Waals surface area contributed by atoms with E-state index in [9.17, 15) is 9.18 Å². The zero-order valence-electron chi connectivity index (χ0n) is 12.4. The van der Waals surface area contributed by atoms with E-state index in [-0.39, 0.29) is 23.7 Å². The largest absolute Gasteiger partial charge is 0.333 e. The van der Waals surface area contributed by atoms with Crippen molar-refractivity contribution in [1.82, 2.24) is 10.2 Å². The summed E-state index contributed by atoms with van der Waals surface area (Å²) >= 11 is 0. The monoisotopic (exact) mass is 290 g/mol. The standard InChI is InChI=1S/C17H23FN2O/c18-15-8-4-7-14(11-15)16-12-19-9-10-20(16)17(21)13-5-2-1-3-6-13/h4,7-8,11,13,16,19H,1-3,5-6,9-10,12H2. The summed E-state index contributed by atoms with van der Waals surface area (Å²) in [5.41, 5.74) is 0.895. The number of piperazine rings is 1. The highest BCUT2D eigenvalue weighted by molar-refractivity contribution is 5.79. The first-order valence-corrected chi connectivity index (χ1v) is 8.02. The minimum Gasteiger partial charge on any atom is -0.333 e. The van der Waals surface area contributed by atoms with E-state index in [1.165, 1.54) is 12.5 Å². The van der Waals surface area contributed by atoms with Crippen LogP contribution in [-0.2, 0) is 4.79 Å². The van der Waals surface area contributed by atoms with Crippen molar-refractivity contribution in [2.24, 2.45) is 5.92 Å². The number of benzene rings is 1. The fraction of sp³-hybridized carbons (Fsp3) is 0.588. The van der Waals surface area contributed by atoms with Crippen molar-refractivity contribution >= 4 is 5.91 Å². The summed E-state index contributed by atoms with van der Waals surface area (Å²) in [6, 6.07) is 6.61. The van der Waals surface area contributed by atoms with E-state index >= 15 is 0 Å². The fourth-order valence-corrected chi connectivity index (χ4v) is 3.56. The van der Waals surface area contributed by atoms with E-state index in [2.05, 4.69) is 5.32 Å². The lowest BCUT2D eigenvalue weighted by molar-refractivity contribution is -0.140. The number of amides is 1. The van der Waals surface area contributed by atoms with Crippen molar-refractivity contribution in [2.75, 3.05) is 19.6 Å². The molecule has 1 saturated heterocycles. The van der Waals surface area contributed by atoms with E-state index in [4.69, 9.17) is 0 Å². The minimum absolute atomic E-state index is 0.0381. The van der Waals surface area contributed by atoms with Gasteiger partial charge in [-0.1, -0.05) is 31.4 Å². The van der Waals surface area contributed by atoms with Crippen molar-refractivity contribution in [3.8, 4) is 0 Å². The van der Waals surface area contributed by atoms with Crippen LogP contribution in [0.3, 0.4) is 0 Å². The minimum atomic E-state index is -0.233. The Kier molecular flexibility index (Phi) is 4.54. The second-order valence-corrected chi connectivity index (χ2v) is 6.14. The average Bonchev–Trinajstić information content (AvgIpc) is 2.55. The second kappa shape index (κ2) is 6.56. The van der Waals surface area contributed by atoms with Crippen LogP contribution in [-0.4, -0.2) is 30.4 Å². The van der Waals surface area contributed by atoms with E-state index in [1.54, 1.807) is 12.1 Å². The molecule has 3 nitrogen and oxygen atoms in total. The SMILES string of the molecule is O=C(C1CCCCC1)N1CCNCC1c1cccc(F)c1. The van der Waals surface area contributed by atoms with Crippen molar-refractivity contribution in [1.29, 1.82) is 0 Å². The molecule has 1 aromatic carbocycles. The van der Waals surface area contributed by atoms with E-state index < -0.39 is 0 Å². The number of hydrogen-bond acceptors (Lipinski definition) is 2. The molecular formula is C17H23FN2O. The predicted octanol–water partition coefficient (Wildman–Crippen LogP) is 2.88. The van der Waals surface area contributed by atoms with Gasteiger partial charge in [-0.3, -0.25) is 4.79 Å². The van der Waals surface area contributed by atoms with Crippen LogP contribution in [0.5, 0.6) is 0 Å². The molecule has 1 amide bonds. The lowest BCUT2D eigenvalue weighted by Crippen LogP contribution is -2.50. The fourth-order valence-electron chi connectivity index (χ4n) is 3.56. The normalized spacial score (nSPS) is 24.0. The number of carbonyl (C=O) groups is 1. The highest BCUT2D eigenvalue weighted by Gasteiger charge is 2.32. The van der Waals surface area contributed by atoms with Gasteiger partial charge in [0, 0.05) is 25.6 Å². The van der Waals surface area contributed by atoms with Gasteiger partial charge in [-0.2, -0.15) is 0 Å². The maximum Gasteiger partial charge on any atom is 0.226 e. The van der Waals surface area contributed by atoms with Crippen LogP contribution in [0.1, 0.15) is 43.7 Å². The maximum absolute atomic E-state index is 13.5. The quantitative estimate of drug-likeness (QED) is 0.908. The summed E-state index contributed by atoms with van der Waals surface area (Å²) < 4.78 is 13.5. The van der Waals surface area contributed by atoms with Crippen molar-refractivity contribution in [3.05, 3.63) is 35.6 Å². The van der Waals surface area contributed by atoms with Crippen molar-refractivity contribution in [2.45, 2.75) is 38.1 Å². The molecule has 1 saturated carbocycles. The van der Waals surface area contributed by atoms with Crippen LogP contribution in [0.4, 0.5) is 4.39 Å². The topological polar surface area (TPSA) is 32.3 Å². The third kappa shape index (κ3) is 3.26. The third-order valence-electron chi connectivity index (χ3n) is 4.71. The first-order valence-electron chi connectivity index (χ1n) is 8.02. The highest BCUT2D eigenvalue weighted by Crippen LogP contribution is 2.30. The van der Waals surface area contributed by atoms with Crippen LogP contribution < -0.4 is 5.32 Å². The Hall–Kier alpha value is -1.42. The summed E-state index contributed by atoms with van der Waals surface area (Å²) in [4.78, 5) is 14.8. The molecule has 0 spiro atoms. The zero-order valence-corrected chi connectivity index (χ0v) is 12.4. The van der Waals surface area contributed by atoms with Gasteiger partial charge >= 0.3 is 0 Å². The van der Waals surface area contributed by atoms with Gasteiger partial charge in [0.05, 0.1) is 6.04 Å². The lowest BCUT2D eigenvalue weighted by Gasteiger charge is -2.39. The molecule has 0 bridgehead atoms. The molecular weight excluding hydrogens is 267 g/mol. The maximum atomic E-state index is 13.5. The molecule has 0 radical (unpaired) electrons. The Bertz CT molecular complexity index is 499. The van der Waals surface area contributed by atoms with Crippen LogP contribution in [0.2, 0.25) is 0 Å². The Morgan fingerprint density at radius 3 is 2.81 bits per heavy atom. The molecule has 1 aliphatic carbocycles. The molecule has 1 N–H and O–H groups in total. The number of hydrogen-bond donors (Lipinski definition) is 1. The van der Waals surface area contributed by atoms with Gasteiger partial charge in [0.15, 0.2) is 0 Å². The Balaban J connectivity index is 1.79. The van der Waals surface area contributed by atoms with Gasteiger partial charge in [-0.25, -0.2) is 4.39 Å². The smallest absolute Gasteiger partial charge is 0.226 e.